The fraction of sp³-hybridized carbons (Fsp3) is 0.417. The molecule has 198 valence electrons. The first kappa shape index (κ1) is 27.0. The number of carbonyl (C=O) groups excluding carboxylic acids is 1. The summed E-state index contributed by atoms with van der Waals surface area (Å²) in [4.78, 5) is 26.8. The summed E-state index contributed by atoms with van der Waals surface area (Å²) in [6, 6.07) is 6.01. The summed E-state index contributed by atoms with van der Waals surface area (Å²) in [6.45, 7) is 3.80. The number of benzene rings is 1. The van der Waals surface area contributed by atoms with Gasteiger partial charge in [-0.25, -0.2) is 15.0 Å². The van der Waals surface area contributed by atoms with Crippen LogP contribution in [-0.4, -0.2) is 76.4 Å². The number of nitrogens with one attached hydrogen (secondary N) is 2. The molecular weight excluding hydrogens is 513 g/mol. The molecule has 2 unspecified atom stereocenters. The number of aromatic nitrogens is 3. The van der Waals surface area contributed by atoms with Gasteiger partial charge in [-0.15, -0.1) is 0 Å². The van der Waals surface area contributed by atoms with E-state index in [4.69, 9.17) is 16.3 Å². The third kappa shape index (κ3) is 6.45. The van der Waals surface area contributed by atoms with Crippen LogP contribution in [0.1, 0.15) is 34.7 Å². The largest absolute Gasteiger partial charge is 0.451 e. The van der Waals surface area contributed by atoms with Gasteiger partial charge in [0.25, 0.3) is 5.91 Å². The number of hydrogen-bond acceptors (Lipinski definition) is 8. The number of nitrogens with zero attached hydrogens (tertiary/aromatic N) is 4. The van der Waals surface area contributed by atoms with E-state index in [1.54, 1.807) is 31.2 Å². The molecule has 2 aromatic heterocycles. The molecule has 1 saturated heterocycles. The number of carbonyl (C=O) groups is 1. The van der Waals surface area contributed by atoms with Crippen LogP contribution >= 0.6 is 11.6 Å². The molecule has 1 aliphatic heterocycles. The van der Waals surface area contributed by atoms with E-state index in [1.165, 1.54) is 0 Å². The van der Waals surface area contributed by atoms with E-state index in [-0.39, 0.29) is 29.8 Å². The van der Waals surface area contributed by atoms with Crippen LogP contribution < -0.4 is 10.6 Å². The maximum Gasteiger partial charge on any atom is 0.451 e. The Morgan fingerprint density at radius 3 is 2.54 bits per heavy atom. The van der Waals surface area contributed by atoms with Crippen LogP contribution in [0.4, 0.5) is 19.0 Å². The van der Waals surface area contributed by atoms with E-state index >= 15 is 0 Å². The van der Waals surface area contributed by atoms with Gasteiger partial charge in [0.2, 0.25) is 5.82 Å². The molecule has 37 heavy (non-hydrogen) atoms. The molecule has 1 fully saturated rings. The van der Waals surface area contributed by atoms with Crippen molar-refractivity contribution < 1.29 is 27.8 Å². The molecule has 1 aliphatic rings. The maximum absolute atomic E-state index is 13.3. The van der Waals surface area contributed by atoms with Gasteiger partial charge in [0.1, 0.15) is 5.82 Å². The van der Waals surface area contributed by atoms with Gasteiger partial charge < -0.3 is 20.5 Å². The lowest BCUT2D eigenvalue weighted by atomic mass is 10.1. The Hall–Kier alpha value is -3.06. The first-order chi connectivity index (χ1) is 17.7. The van der Waals surface area contributed by atoms with Crippen LogP contribution in [0.3, 0.4) is 0 Å². The highest BCUT2D eigenvalue weighted by Gasteiger charge is 2.35. The van der Waals surface area contributed by atoms with Crippen molar-refractivity contribution in [3.63, 3.8) is 0 Å². The monoisotopic (exact) mass is 538 g/mol. The van der Waals surface area contributed by atoms with Crippen molar-refractivity contribution >= 4 is 34.2 Å². The number of alkyl halides is 3. The average Bonchev–Trinajstić information content (AvgIpc) is 2.89. The van der Waals surface area contributed by atoms with Crippen LogP contribution in [0, 0.1) is 0 Å². The third-order valence-corrected chi connectivity index (χ3v) is 6.28. The molecule has 4 rings (SSSR count). The molecule has 0 saturated carbocycles. The second-order valence-corrected chi connectivity index (χ2v) is 9.03. The topological polar surface area (TPSA) is 112 Å². The van der Waals surface area contributed by atoms with Gasteiger partial charge in [-0.2, -0.15) is 13.2 Å². The highest BCUT2D eigenvalue weighted by Crippen LogP contribution is 2.29. The quantitative estimate of drug-likeness (QED) is 0.400. The summed E-state index contributed by atoms with van der Waals surface area (Å²) >= 11 is 6.40. The van der Waals surface area contributed by atoms with E-state index in [1.807, 2.05) is 4.90 Å². The molecule has 3 heterocycles. The Bertz CT molecular complexity index is 1240. The number of ether oxygens (including phenoxy) is 1. The van der Waals surface area contributed by atoms with Crippen molar-refractivity contribution in [2.24, 2.45) is 0 Å². The van der Waals surface area contributed by atoms with Crippen molar-refractivity contribution in [2.75, 3.05) is 44.8 Å². The molecule has 0 bridgehead atoms. The minimum atomic E-state index is -4.65. The van der Waals surface area contributed by atoms with Crippen molar-refractivity contribution in [1.29, 1.82) is 0 Å². The zero-order valence-corrected chi connectivity index (χ0v) is 20.7. The number of anilines is 1. The normalized spacial score (nSPS) is 16.4. The average molecular weight is 539 g/mol. The lowest BCUT2D eigenvalue weighted by Gasteiger charge is -2.34. The van der Waals surface area contributed by atoms with E-state index < -0.39 is 23.9 Å². The number of halogens is 4. The minimum absolute atomic E-state index is 0.0672. The van der Waals surface area contributed by atoms with Crippen molar-refractivity contribution in [2.45, 2.75) is 25.2 Å². The molecule has 0 spiro atoms. The number of fused-ring (bicyclic) bond motifs is 1. The molecule has 3 N–H and O–H groups in total. The third-order valence-electron chi connectivity index (χ3n) is 5.97. The minimum Gasteiger partial charge on any atom is -0.394 e. The molecule has 0 aliphatic carbocycles. The zero-order valence-electron chi connectivity index (χ0n) is 19.9. The number of aliphatic hydroxyl groups is 1. The summed E-state index contributed by atoms with van der Waals surface area (Å²) in [5, 5.41) is 16.0. The van der Waals surface area contributed by atoms with E-state index in [9.17, 15) is 23.1 Å². The van der Waals surface area contributed by atoms with Crippen molar-refractivity contribution in [1.82, 2.24) is 25.2 Å². The fourth-order valence-electron chi connectivity index (χ4n) is 4.07. The molecule has 9 nitrogen and oxygen atoms in total. The standard InChI is InChI=1S/C24H26ClF3N6O3/c1-14(13-35)32-20-5-2-16-18(33-20)4-3-17(25)21(16)22(36)29-12-19(34-6-8-37-9-7-34)15-10-30-23(31-11-15)24(26,27)28/h2-5,10-11,14,19,35H,6-9,12-13H2,1H3,(H,29,36)(H,32,33). The van der Waals surface area contributed by atoms with Crippen LogP contribution in [-0.2, 0) is 10.9 Å². The van der Waals surface area contributed by atoms with Gasteiger partial charge in [-0.3, -0.25) is 9.69 Å². The number of amides is 1. The Labute approximate surface area is 216 Å². The van der Waals surface area contributed by atoms with Gasteiger partial charge in [0, 0.05) is 49.0 Å². The molecule has 3 aromatic rings. The fourth-order valence-corrected chi connectivity index (χ4v) is 4.32. The number of pyridine rings is 1. The summed E-state index contributed by atoms with van der Waals surface area (Å²) in [7, 11) is 0. The SMILES string of the molecule is CC(CO)Nc1ccc2c(C(=O)NCC(c3cnc(C(F)(F)F)nc3)N3CCOCC3)c(Cl)ccc2n1. The van der Waals surface area contributed by atoms with Crippen LogP contribution in [0.2, 0.25) is 5.02 Å². The molecule has 1 amide bonds. The van der Waals surface area contributed by atoms with Gasteiger partial charge >= 0.3 is 6.18 Å². The first-order valence-electron chi connectivity index (χ1n) is 11.6. The van der Waals surface area contributed by atoms with E-state index in [2.05, 4.69) is 25.6 Å². The summed E-state index contributed by atoms with van der Waals surface area (Å²) < 4.78 is 44.2. The van der Waals surface area contributed by atoms with Gasteiger partial charge in [0.15, 0.2) is 0 Å². The zero-order chi connectivity index (χ0) is 26.6. The Morgan fingerprint density at radius 2 is 1.89 bits per heavy atom. The Kier molecular flexibility index (Phi) is 8.42. The number of morpholine rings is 1. The Morgan fingerprint density at radius 1 is 1.19 bits per heavy atom. The smallest absolute Gasteiger partial charge is 0.394 e. The van der Waals surface area contributed by atoms with Crippen LogP contribution in [0.25, 0.3) is 10.9 Å². The highest BCUT2D eigenvalue weighted by molar-refractivity contribution is 6.35. The van der Waals surface area contributed by atoms with Crippen LogP contribution in [0.5, 0.6) is 0 Å². The molecule has 13 heteroatoms. The second kappa shape index (κ2) is 11.5. The van der Waals surface area contributed by atoms with Crippen LogP contribution in [0.15, 0.2) is 36.7 Å². The summed E-state index contributed by atoms with van der Waals surface area (Å²) in [5.74, 6) is -1.14. The van der Waals surface area contributed by atoms with Crippen molar-refractivity contribution in [3.05, 3.63) is 58.6 Å². The molecular formula is C24H26ClF3N6O3. The van der Waals surface area contributed by atoms with E-state index in [0.29, 0.717) is 48.6 Å². The first-order valence-corrected chi connectivity index (χ1v) is 12.0. The molecule has 2 atom stereocenters. The highest BCUT2D eigenvalue weighted by atomic mass is 35.5. The second-order valence-electron chi connectivity index (χ2n) is 8.63. The number of hydrogen-bond donors (Lipinski definition) is 3. The molecule has 0 radical (unpaired) electrons. The summed E-state index contributed by atoms with van der Waals surface area (Å²) in [5.41, 5.74) is 1.21. The summed E-state index contributed by atoms with van der Waals surface area (Å²) in [6.07, 6.45) is -2.37. The van der Waals surface area contributed by atoms with E-state index in [0.717, 1.165) is 12.4 Å². The molecule has 1 aromatic carbocycles. The lowest BCUT2D eigenvalue weighted by Crippen LogP contribution is -2.44. The van der Waals surface area contributed by atoms with Gasteiger partial charge in [-0.1, -0.05) is 11.6 Å². The number of aliphatic hydroxyl groups excluding tert-OH is 1. The maximum atomic E-state index is 13.3. The lowest BCUT2D eigenvalue weighted by molar-refractivity contribution is -0.145. The predicted molar refractivity (Wildman–Crippen MR) is 131 cm³/mol. The van der Waals surface area contributed by atoms with Gasteiger partial charge in [0.05, 0.1) is 42.0 Å². The predicted octanol–water partition coefficient (Wildman–Crippen LogP) is 3.29. The number of rotatable bonds is 8. The van der Waals surface area contributed by atoms with Crippen molar-refractivity contribution in [3.8, 4) is 0 Å². The van der Waals surface area contributed by atoms with Gasteiger partial charge in [-0.05, 0) is 31.2 Å². The Balaban J connectivity index is 1.57.